The van der Waals surface area contributed by atoms with Gasteiger partial charge in [0.2, 0.25) is 15.9 Å². The standard InChI is InChI=1S/C12H14Cl2N2O3S/c1-3-6-15-12(17)8(2)16-20(18,19)11-7-9(13)4-5-10(11)14/h3-5,7-8,16H,1,6H2,2H3,(H,15,17)/t8-/m0/s1. The van der Waals surface area contributed by atoms with E-state index in [0.29, 0.717) is 0 Å². The Morgan fingerprint density at radius 1 is 1.45 bits per heavy atom. The van der Waals surface area contributed by atoms with Gasteiger partial charge in [-0.2, -0.15) is 4.72 Å². The molecule has 2 N–H and O–H groups in total. The molecule has 0 fully saturated rings. The Morgan fingerprint density at radius 2 is 2.10 bits per heavy atom. The second kappa shape index (κ2) is 7.08. The third-order valence-electron chi connectivity index (χ3n) is 2.33. The van der Waals surface area contributed by atoms with Gasteiger partial charge in [0, 0.05) is 11.6 Å². The molecule has 0 saturated carbocycles. The fourth-order valence-electron chi connectivity index (χ4n) is 1.36. The Balaban J connectivity index is 2.92. The van der Waals surface area contributed by atoms with Crippen LogP contribution in [0.3, 0.4) is 0 Å². The molecule has 0 aliphatic rings. The molecule has 1 aromatic rings. The summed E-state index contributed by atoms with van der Waals surface area (Å²) >= 11 is 11.6. The maximum Gasteiger partial charge on any atom is 0.242 e. The van der Waals surface area contributed by atoms with Gasteiger partial charge in [0.15, 0.2) is 0 Å². The first kappa shape index (κ1) is 17.0. The zero-order chi connectivity index (χ0) is 15.3. The molecule has 0 heterocycles. The van der Waals surface area contributed by atoms with Crippen LogP contribution in [0.15, 0.2) is 35.7 Å². The van der Waals surface area contributed by atoms with E-state index in [9.17, 15) is 13.2 Å². The number of hydrogen-bond acceptors (Lipinski definition) is 3. The number of carbonyl (C=O) groups excluding carboxylic acids is 1. The Bertz CT molecular complexity index is 617. The predicted molar refractivity (Wildman–Crippen MR) is 79.5 cm³/mol. The SMILES string of the molecule is C=CCNC(=O)[C@H](C)NS(=O)(=O)c1cc(Cl)ccc1Cl. The third-order valence-corrected chi connectivity index (χ3v) is 4.59. The number of halogens is 2. The largest absolute Gasteiger partial charge is 0.351 e. The summed E-state index contributed by atoms with van der Waals surface area (Å²) < 4.78 is 26.5. The van der Waals surface area contributed by atoms with E-state index in [0.717, 1.165) is 0 Å². The lowest BCUT2D eigenvalue weighted by Gasteiger charge is -2.14. The average Bonchev–Trinajstić information content (AvgIpc) is 2.38. The van der Waals surface area contributed by atoms with E-state index in [1.807, 2.05) is 0 Å². The van der Waals surface area contributed by atoms with Crippen LogP contribution in [0.5, 0.6) is 0 Å². The van der Waals surface area contributed by atoms with Crippen molar-refractivity contribution in [1.82, 2.24) is 10.0 Å². The fraction of sp³-hybridized carbons (Fsp3) is 0.250. The van der Waals surface area contributed by atoms with Crippen molar-refractivity contribution in [2.75, 3.05) is 6.54 Å². The summed E-state index contributed by atoms with van der Waals surface area (Å²) in [5.41, 5.74) is 0. The van der Waals surface area contributed by atoms with Crippen LogP contribution in [0.2, 0.25) is 10.0 Å². The van der Waals surface area contributed by atoms with Crippen LogP contribution in [0.1, 0.15) is 6.92 Å². The van der Waals surface area contributed by atoms with E-state index in [1.54, 1.807) is 0 Å². The molecule has 0 spiro atoms. The van der Waals surface area contributed by atoms with Crippen LogP contribution >= 0.6 is 23.2 Å². The molecular weight excluding hydrogens is 323 g/mol. The molecule has 0 saturated heterocycles. The summed E-state index contributed by atoms with van der Waals surface area (Å²) in [6.45, 7) is 5.13. The highest BCUT2D eigenvalue weighted by Gasteiger charge is 2.24. The van der Waals surface area contributed by atoms with E-state index in [-0.39, 0.29) is 21.5 Å². The predicted octanol–water partition coefficient (Wildman–Crippen LogP) is 1.96. The minimum absolute atomic E-state index is 0.0283. The highest BCUT2D eigenvalue weighted by molar-refractivity contribution is 7.89. The molecule has 0 aliphatic heterocycles. The van der Waals surface area contributed by atoms with Crippen molar-refractivity contribution in [2.24, 2.45) is 0 Å². The Hall–Kier alpha value is -1.08. The van der Waals surface area contributed by atoms with E-state index in [4.69, 9.17) is 23.2 Å². The minimum atomic E-state index is -3.94. The first-order valence-corrected chi connectivity index (χ1v) is 7.88. The van der Waals surface area contributed by atoms with Gasteiger partial charge in [-0.15, -0.1) is 6.58 Å². The summed E-state index contributed by atoms with van der Waals surface area (Å²) in [6.07, 6.45) is 1.49. The van der Waals surface area contributed by atoms with Crippen LogP contribution in [-0.4, -0.2) is 26.9 Å². The van der Waals surface area contributed by atoms with Crippen LogP contribution in [0.4, 0.5) is 0 Å². The molecule has 1 atom stereocenters. The van der Waals surface area contributed by atoms with Gasteiger partial charge in [-0.25, -0.2) is 8.42 Å². The van der Waals surface area contributed by atoms with Crippen molar-refractivity contribution in [2.45, 2.75) is 17.9 Å². The summed E-state index contributed by atoms with van der Waals surface area (Å²) in [5, 5.41) is 2.75. The lowest BCUT2D eigenvalue weighted by atomic mass is 10.3. The van der Waals surface area contributed by atoms with Crippen LogP contribution < -0.4 is 10.0 Å². The zero-order valence-corrected chi connectivity index (χ0v) is 13.0. The minimum Gasteiger partial charge on any atom is -0.351 e. The molecular formula is C12H14Cl2N2O3S. The number of amides is 1. The Kier molecular flexibility index (Phi) is 6.01. The highest BCUT2D eigenvalue weighted by atomic mass is 35.5. The molecule has 20 heavy (non-hydrogen) atoms. The van der Waals surface area contributed by atoms with Gasteiger partial charge >= 0.3 is 0 Å². The number of sulfonamides is 1. The maximum absolute atomic E-state index is 12.1. The lowest BCUT2D eigenvalue weighted by Crippen LogP contribution is -2.44. The van der Waals surface area contributed by atoms with Gasteiger partial charge in [0.25, 0.3) is 0 Å². The Labute approximate surface area is 128 Å². The average molecular weight is 337 g/mol. The quantitative estimate of drug-likeness (QED) is 0.779. The van der Waals surface area contributed by atoms with Crippen molar-refractivity contribution in [3.05, 3.63) is 40.9 Å². The molecule has 0 unspecified atom stereocenters. The third kappa shape index (κ3) is 4.49. The number of nitrogens with one attached hydrogen (secondary N) is 2. The van der Waals surface area contributed by atoms with E-state index in [2.05, 4.69) is 16.6 Å². The molecule has 0 radical (unpaired) electrons. The summed E-state index contributed by atoms with van der Waals surface area (Å²) in [5.74, 6) is -0.466. The van der Waals surface area contributed by atoms with Crippen LogP contribution in [0, 0.1) is 0 Å². The molecule has 1 amide bonds. The first-order valence-electron chi connectivity index (χ1n) is 5.64. The summed E-state index contributed by atoms with van der Waals surface area (Å²) in [4.78, 5) is 11.4. The lowest BCUT2D eigenvalue weighted by molar-refractivity contribution is -0.122. The van der Waals surface area contributed by atoms with E-state index >= 15 is 0 Å². The Morgan fingerprint density at radius 3 is 2.70 bits per heavy atom. The molecule has 1 aromatic carbocycles. The number of rotatable bonds is 6. The van der Waals surface area contributed by atoms with Gasteiger partial charge in [0.1, 0.15) is 4.90 Å². The van der Waals surface area contributed by atoms with E-state index < -0.39 is 22.0 Å². The van der Waals surface area contributed by atoms with Crippen molar-refractivity contribution in [1.29, 1.82) is 0 Å². The second-order valence-corrected chi connectivity index (χ2v) is 6.48. The highest BCUT2D eigenvalue weighted by Crippen LogP contribution is 2.24. The topological polar surface area (TPSA) is 75.3 Å². The molecule has 0 aromatic heterocycles. The number of benzene rings is 1. The molecule has 110 valence electrons. The van der Waals surface area contributed by atoms with Crippen molar-refractivity contribution in [3.8, 4) is 0 Å². The van der Waals surface area contributed by atoms with Crippen molar-refractivity contribution < 1.29 is 13.2 Å². The van der Waals surface area contributed by atoms with Gasteiger partial charge in [-0.05, 0) is 25.1 Å². The maximum atomic E-state index is 12.1. The summed E-state index contributed by atoms with van der Waals surface area (Å²) in [6, 6.07) is 3.12. The second-order valence-electron chi connectivity index (χ2n) is 3.95. The first-order chi connectivity index (χ1) is 9.27. The molecule has 8 heteroatoms. The molecule has 0 bridgehead atoms. The smallest absolute Gasteiger partial charge is 0.242 e. The molecule has 1 rings (SSSR count). The summed E-state index contributed by atoms with van der Waals surface area (Å²) in [7, 11) is -3.94. The van der Waals surface area contributed by atoms with Crippen LogP contribution in [0.25, 0.3) is 0 Å². The van der Waals surface area contributed by atoms with Crippen molar-refractivity contribution >= 4 is 39.1 Å². The number of hydrogen-bond donors (Lipinski definition) is 2. The normalized spacial score (nSPS) is 12.8. The van der Waals surface area contributed by atoms with Gasteiger partial charge < -0.3 is 5.32 Å². The number of carbonyl (C=O) groups is 1. The molecule has 5 nitrogen and oxygen atoms in total. The van der Waals surface area contributed by atoms with Crippen LogP contribution in [-0.2, 0) is 14.8 Å². The van der Waals surface area contributed by atoms with Gasteiger partial charge in [0.05, 0.1) is 11.1 Å². The fourth-order valence-corrected chi connectivity index (χ4v) is 3.32. The van der Waals surface area contributed by atoms with Gasteiger partial charge in [-0.1, -0.05) is 29.3 Å². The van der Waals surface area contributed by atoms with Gasteiger partial charge in [-0.3, -0.25) is 4.79 Å². The monoisotopic (exact) mass is 336 g/mol. The van der Waals surface area contributed by atoms with Crippen molar-refractivity contribution in [3.63, 3.8) is 0 Å². The molecule has 0 aliphatic carbocycles. The zero-order valence-electron chi connectivity index (χ0n) is 10.7. The van der Waals surface area contributed by atoms with E-state index in [1.165, 1.54) is 31.2 Å².